The normalized spacial score (nSPS) is 16.9. The Morgan fingerprint density at radius 3 is 2.96 bits per heavy atom. The van der Waals surface area contributed by atoms with E-state index in [0.29, 0.717) is 6.04 Å². The second-order valence-electron chi connectivity index (χ2n) is 7.28. The minimum absolute atomic E-state index is 0. The minimum Gasteiger partial charge on any atom is -0.497 e. The van der Waals surface area contributed by atoms with Crippen molar-refractivity contribution in [2.24, 2.45) is 4.99 Å². The molecule has 1 aliphatic heterocycles. The molecular formula is C19H29IN6O. The van der Waals surface area contributed by atoms with Crippen molar-refractivity contribution in [3.63, 3.8) is 0 Å². The molecular weight excluding hydrogens is 455 g/mol. The van der Waals surface area contributed by atoms with Crippen molar-refractivity contribution in [2.75, 3.05) is 20.7 Å². The van der Waals surface area contributed by atoms with E-state index in [1.165, 1.54) is 5.56 Å². The molecule has 7 nitrogen and oxygen atoms in total. The number of halogens is 1. The van der Waals surface area contributed by atoms with Crippen LogP contribution in [0.1, 0.15) is 31.7 Å². The predicted octanol–water partition coefficient (Wildman–Crippen LogP) is 2.36. The van der Waals surface area contributed by atoms with E-state index in [2.05, 4.69) is 51.7 Å². The predicted molar refractivity (Wildman–Crippen MR) is 118 cm³/mol. The fourth-order valence-electron chi connectivity index (χ4n) is 3.19. The monoisotopic (exact) mass is 484 g/mol. The highest BCUT2D eigenvalue weighted by Gasteiger charge is 2.24. The second-order valence-corrected chi connectivity index (χ2v) is 7.28. The number of hydrogen-bond donors (Lipinski definition) is 2. The van der Waals surface area contributed by atoms with Crippen LogP contribution in [0.15, 0.2) is 35.6 Å². The zero-order chi connectivity index (χ0) is 18.6. The van der Waals surface area contributed by atoms with Gasteiger partial charge < -0.3 is 15.4 Å². The van der Waals surface area contributed by atoms with Gasteiger partial charge in [0.2, 0.25) is 0 Å². The Morgan fingerprint density at radius 1 is 1.41 bits per heavy atom. The highest BCUT2D eigenvalue weighted by Crippen LogP contribution is 2.25. The Morgan fingerprint density at radius 2 is 2.22 bits per heavy atom. The number of hydrogen-bond acceptors (Lipinski definition) is 4. The Balaban J connectivity index is 0.00000261. The Hall–Kier alpha value is -1.84. The zero-order valence-electron chi connectivity index (χ0n) is 16.4. The van der Waals surface area contributed by atoms with Crippen molar-refractivity contribution in [1.82, 2.24) is 25.4 Å². The second kappa shape index (κ2) is 9.38. The van der Waals surface area contributed by atoms with Crippen LogP contribution in [0.2, 0.25) is 0 Å². The van der Waals surface area contributed by atoms with Gasteiger partial charge in [-0.05, 0) is 24.1 Å². The van der Waals surface area contributed by atoms with Gasteiger partial charge in [-0.3, -0.25) is 4.99 Å². The van der Waals surface area contributed by atoms with Gasteiger partial charge in [-0.15, -0.1) is 24.0 Å². The fourth-order valence-corrected chi connectivity index (χ4v) is 3.19. The van der Waals surface area contributed by atoms with Crippen LogP contribution in [0.4, 0.5) is 0 Å². The van der Waals surface area contributed by atoms with Gasteiger partial charge in [0.15, 0.2) is 5.96 Å². The van der Waals surface area contributed by atoms with Crippen molar-refractivity contribution in [3.8, 4) is 5.75 Å². The van der Waals surface area contributed by atoms with Crippen molar-refractivity contribution in [2.45, 2.75) is 44.7 Å². The van der Waals surface area contributed by atoms with Crippen molar-refractivity contribution in [1.29, 1.82) is 0 Å². The number of ether oxygens (including phenoxy) is 1. The van der Waals surface area contributed by atoms with Gasteiger partial charge >= 0.3 is 0 Å². The molecule has 0 radical (unpaired) electrons. The van der Waals surface area contributed by atoms with Gasteiger partial charge in [-0.2, -0.15) is 5.10 Å². The van der Waals surface area contributed by atoms with Crippen molar-refractivity contribution >= 4 is 29.9 Å². The number of nitrogens with zero attached hydrogens (tertiary/aromatic N) is 4. The Labute approximate surface area is 178 Å². The molecule has 1 aromatic carbocycles. The lowest BCUT2D eigenvalue weighted by molar-refractivity contribution is 0.390. The summed E-state index contributed by atoms with van der Waals surface area (Å²) in [6.07, 6.45) is 3.59. The molecule has 2 N–H and O–H groups in total. The van der Waals surface area contributed by atoms with Gasteiger partial charge in [0, 0.05) is 31.5 Å². The largest absolute Gasteiger partial charge is 0.497 e. The molecule has 148 valence electrons. The number of aryl methyl sites for hydroxylation is 1. The highest BCUT2D eigenvalue weighted by molar-refractivity contribution is 14.0. The van der Waals surface area contributed by atoms with Crippen LogP contribution >= 0.6 is 24.0 Å². The quantitative estimate of drug-likeness (QED) is 0.387. The van der Waals surface area contributed by atoms with Crippen LogP contribution in [-0.2, 0) is 18.4 Å². The summed E-state index contributed by atoms with van der Waals surface area (Å²) < 4.78 is 7.32. The molecule has 0 fully saturated rings. The topological polar surface area (TPSA) is 76.4 Å². The Kier molecular flexibility index (Phi) is 7.46. The summed E-state index contributed by atoms with van der Waals surface area (Å²) in [4.78, 5) is 8.66. The molecule has 2 heterocycles. The van der Waals surface area contributed by atoms with Gasteiger partial charge in [-0.25, -0.2) is 9.67 Å². The first-order valence-electron chi connectivity index (χ1n) is 9.00. The average molecular weight is 484 g/mol. The molecule has 0 saturated heterocycles. The molecule has 1 atom stereocenters. The van der Waals surface area contributed by atoms with Crippen LogP contribution in [0.25, 0.3) is 0 Å². The van der Waals surface area contributed by atoms with E-state index in [-0.39, 0.29) is 29.4 Å². The van der Waals surface area contributed by atoms with Crippen LogP contribution in [0, 0.1) is 0 Å². The van der Waals surface area contributed by atoms with E-state index in [9.17, 15) is 0 Å². The maximum atomic E-state index is 5.35. The van der Waals surface area contributed by atoms with Crippen LogP contribution in [0.5, 0.6) is 5.75 Å². The first-order valence-corrected chi connectivity index (χ1v) is 9.00. The molecule has 1 unspecified atom stereocenters. The summed E-state index contributed by atoms with van der Waals surface area (Å²) in [6, 6.07) is 8.52. The van der Waals surface area contributed by atoms with E-state index in [0.717, 1.165) is 43.5 Å². The molecule has 0 bridgehead atoms. The maximum Gasteiger partial charge on any atom is 0.191 e. The summed E-state index contributed by atoms with van der Waals surface area (Å²) in [5.41, 5.74) is 1.17. The molecule has 0 spiro atoms. The lowest BCUT2D eigenvalue weighted by atomic mass is 9.84. The highest BCUT2D eigenvalue weighted by atomic mass is 127. The summed E-state index contributed by atoms with van der Waals surface area (Å²) in [7, 11) is 3.50. The number of aromatic nitrogens is 3. The molecule has 8 heteroatoms. The van der Waals surface area contributed by atoms with Gasteiger partial charge in [0.05, 0.1) is 13.7 Å². The lowest BCUT2D eigenvalue weighted by Gasteiger charge is -2.29. The van der Waals surface area contributed by atoms with E-state index in [4.69, 9.17) is 4.74 Å². The summed E-state index contributed by atoms with van der Waals surface area (Å²) in [5, 5.41) is 11.2. The molecule has 0 saturated carbocycles. The SMILES string of the molecule is CN=C(NCC(C)(C)c1cccc(OC)c1)NC1CCc2ncnn2C1.I. The third-order valence-electron chi connectivity index (χ3n) is 4.92. The number of methoxy groups -OCH3 is 1. The number of nitrogens with one attached hydrogen (secondary N) is 2. The van der Waals surface area contributed by atoms with Crippen molar-refractivity contribution < 1.29 is 4.74 Å². The van der Waals surface area contributed by atoms with Crippen LogP contribution < -0.4 is 15.4 Å². The molecule has 27 heavy (non-hydrogen) atoms. The molecule has 1 aromatic heterocycles. The molecule has 0 aliphatic carbocycles. The van der Waals surface area contributed by atoms with Crippen LogP contribution in [0.3, 0.4) is 0 Å². The zero-order valence-corrected chi connectivity index (χ0v) is 18.7. The smallest absolute Gasteiger partial charge is 0.191 e. The maximum absolute atomic E-state index is 5.35. The first kappa shape index (κ1) is 21.5. The summed E-state index contributed by atoms with van der Waals surface area (Å²) in [5.74, 6) is 2.75. The number of guanidine groups is 1. The summed E-state index contributed by atoms with van der Waals surface area (Å²) in [6.45, 7) is 6.01. The molecule has 1 aliphatic rings. The third kappa shape index (κ3) is 5.33. The van der Waals surface area contributed by atoms with E-state index in [1.54, 1.807) is 20.5 Å². The van der Waals surface area contributed by atoms with Gasteiger partial charge in [0.25, 0.3) is 0 Å². The third-order valence-corrected chi connectivity index (χ3v) is 4.92. The first-order chi connectivity index (χ1) is 12.5. The minimum atomic E-state index is -0.0577. The van der Waals surface area contributed by atoms with E-state index in [1.807, 2.05) is 16.8 Å². The fraction of sp³-hybridized carbons (Fsp3) is 0.526. The Bertz CT molecular complexity index is 773. The van der Waals surface area contributed by atoms with Crippen molar-refractivity contribution in [3.05, 3.63) is 42.0 Å². The molecule has 2 aromatic rings. The number of aliphatic imine (C=N–C) groups is 1. The lowest BCUT2D eigenvalue weighted by Crippen LogP contribution is -2.49. The van der Waals surface area contributed by atoms with Gasteiger partial charge in [0.1, 0.15) is 17.9 Å². The number of rotatable bonds is 5. The van der Waals surface area contributed by atoms with Gasteiger partial charge in [-0.1, -0.05) is 26.0 Å². The van der Waals surface area contributed by atoms with E-state index < -0.39 is 0 Å². The summed E-state index contributed by atoms with van der Waals surface area (Å²) >= 11 is 0. The number of benzene rings is 1. The van der Waals surface area contributed by atoms with E-state index >= 15 is 0 Å². The van der Waals surface area contributed by atoms with Crippen LogP contribution in [-0.4, -0.2) is 47.5 Å². The standard InChI is InChI=1S/C19H28N6O.HI/c1-19(2,14-6-5-7-16(10-14)26-4)12-21-18(20-3)24-15-8-9-17-22-13-23-25(17)11-15;/h5-7,10,13,15H,8-9,11-12H2,1-4H3,(H2,20,21,24);1H. The molecule has 3 rings (SSSR count). The average Bonchev–Trinajstić information content (AvgIpc) is 3.13. The number of fused-ring (bicyclic) bond motifs is 1. The molecule has 0 amide bonds.